The predicted molar refractivity (Wildman–Crippen MR) is 61.0 cm³/mol. The van der Waals surface area contributed by atoms with Crippen molar-refractivity contribution in [2.75, 3.05) is 0 Å². The van der Waals surface area contributed by atoms with Gasteiger partial charge in [-0.1, -0.05) is 35.9 Å². The smallest absolute Gasteiger partial charge is 0.00823 e. The standard InChI is InChI=1S/C13H17N/c1-10-4-2-5-11(8-10)12-6-3-7-13(14)9-12/h2,4-6,8,13H,3,7,9,14H2,1H3/t13-/m0/s1. The highest BCUT2D eigenvalue weighted by atomic mass is 14.6. The number of hydrogen-bond acceptors (Lipinski definition) is 1. The summed E-state index contributed by atoms with van der Waals surface area (Å²) in [5, 5.41) is 0. The summed E-state index contributed by atoms with van der Waals surface area (Å²) in [5.41, 5.74) is 10.1. The highest BCUT2D eigenvalue weighted by molar-refractivity contribution is 5.67. The molecular formula is C13H17N. The molecule has 74 valence electrons. The van der Waals surface area contributed by atoms with Gasteiger partial charge >= 0.3 is 0 Å². The second kappa shape index (κ2) is 3.97. The lowest BCUT2D eigenvalue weighted by molar-refractivity contribution is 0.616. The molecule has 1 aliphatic carbocycles. The minimum absolute atomic E-state index is 0.357. The fraction of sp³-hybridized carbons (Fsp3) is 0.385. The number of benzene rings is 1. The number of hydrogen-bond donors (Lipinski definition) is 1. The molecule has 1 aromatic rings. The monoisotopic (exact) mass is 187 g/mol. The largest absolute Gasteiger partial charge is 0.327 e. The predicted octanol–water partition coefficient (Wildman–Crippen LogP) is 2.89. The minimum atomic E-state index is 0.357. The van der Waals surface area contributed by atoms with Crippen LogP contribution in [0.4, 0.5) is 0 Å². The molecule has 0 unspecified atom stereocenters. The van der Waals surface area contributed by atoms with Crippen LogP contribution in [-0.4, -0.2) is 6.04 Å². The average molecular weight is 187 g/mol. The molecule has 2 rings (SSSR count). The molecule has 1 aromatic carbocycles. The zero-order chi connectivity index (χ0) is 9.97. The third-order valence-electron chi connectivity index (χ3n) is 2.80. The Balaban J connectivity index is 2.26. The summed E-state index contributed by atoms with van der Waals surface area (Å²) in [6.45, 7) is 2.13. The lowest BCUT2D eigenvalue weighted by Gasteiger charge is -2.19. The van der Waals surface area contributed by atoms with Crippen LogP contribution in [0.25, 0.3) is 5.57 Å². The van der Waals surface area contributed by atoms with Crippen molar-refractivity contribution in [3.05, 3.63) is 41.5 Å². The van der Waals surface area contributed by atoms with E-state index >= 15 is 0 Å². The lowest BCUT2D eigenvalue weighted by Crippen LogP contribution is -2.22. The molecule has 0 spiro atoms. The number of allylic oxidation sites excluding steroid dienone is 1. The van der Waals surface area contributed by atoms with Crippen LogP contribution in [0.2, 0.25) is 0 Å². The summed E-state index contributed by atoms with van der Waals surface area (Å²) in [6, 6.07) is 9.02. The molecule has 0 aromatic heterocycles. The van der Waals surface area contributed by atoms with E-state index in [0.717, 1.165) is 19.3 Å². The molecule has 0 bridgehead atoms. The molecule has 1 aliphatic rings. The first-order valence-corrected chi connectivity index (χ1v) is 5.27. The van der Waals surface area contributed by atoms with Crippen LogP contribution in [0.15, 0.2) is 30.3 Å². The van der Waals surface area contributed by atoms with Gasteiger partial charge in [0.15, 0.2) is 0 Å². The Morgan fingerprint density at radius 2 is 2.21 bits per heavy atom. The van der Waals surface area contributed by atoms with E-state index in [1.807, 2.05) is 0 Å². The van der Waals surface area contributed by atoms with Crippen LogP contribution in [-0.2, 0) is 0 Å². The summed E-state index contributed by atoms with van der Waals surface area (Å²) >= 11 is 0. The van der Waals surface area contributed by atoms with Gasteiger partial charge < -0.3 is 5.73 Å². The van der Waals surface area contributed by atoms with Gasteiger partial charge in [-0.05, 0) is 37.3 Å². The van der Waals surface area contributed by atoms with E-state index in [1.54, 1.807) is 0 Å². The number of aryl methyl sites for hydroxylation is 1. The maximum Gasteiger partial charge on any atom is 0.00823 e. The fourth-order valence-electron chi connectivity index (χ4n) is 2.02. The van der Waals surface area contributed by atoms with E-state index in [4.69, 9.17) is 5.73 Å². The van der Waals surface area contributed by atoms with Crippen molar-refractivity contribution in [2.24, 2.45) is 5.73 Å². The SMILES string of the molecule is Cc1cccc(C2=CCC[C@H](N)C2)c1. The van der Waals surface area contributed by atoms with E-state index in [9.17, 15) is 0 Å². The van der Waals surface area contributed by atoms with Gasteiger partial charge in [0.2, 0.25) is 0 Å². The van der Waals surface area contributed by atoms with Gasteiger partial charge in [0, 0.05) is 6.04 Å². The molecule has 0 saturated heterocycles. The summed E-state index contributed by atoms with van der Waals surface area (Å²) < 4.78 is 0. The van der Waals surface area contributed by atoms with Gasteiger partial charge in [-0.2, -0.15) is 0 Å². The van der Waals surface area contributed by atoms with Crippen molar-refractivity contribution >= 4 is 5.57 Å². The molecule has 0 heterocycles. The van der Waals surface area contributed by atoms with E-state index in [0.29, 0.717) is 6.04 Å². The van der Waals surface area contributed by atoms with E-state index in [2.05, 4.69) is 37.3 Å². The van der Waals surface area contributed by atoms with E-state index < -0.39 is 0 Å². The first-order valence-electron chi connectivity index (χ1n) is 5.27. The molecule has 0 fully saturated rings. The normalized spacial score (nSPS) is 21.9. The second-order valence-electron chi connectivity index (χ2n) is 4.14. The van der Waals surface area contributed by atoms with Crippen molar-refractivity contribution in [3.63, 3.8) is 0 Å². The first-order chi connectivity index (χ1) is 6.75. The Labute approximate surface area is 85.6 Å². The highest BCUT2D eigenvalue weighted by Gasteiger charge is 2.12. The fourth-order valence-corrected chi connectivity index (χ4v) is 2.02. The Morgan fingerprint density at radius 1 is 1.36 bits per heavy atom. The molecular weight excluding hydrogens is 170 g/mol. The summed E-state index contributed by atoms with van der Waals surface area (Å²) in [5.74, 6) is 0. The van der Waals surface area contributed by atoms with Crippen molar-refractivity contribution in [1.82, 2.24) is 0 Å². The van der Waals surface area contributed by atoms with Crippen LogP contribution in [0.5, 0.6) is 0 Å². The van der Waals surface area contributed by atoms with Crippen LogP contribution >= 0.6 is 0 Å². The maximum atomic E-state index is 5.96. The molecule has 14 heavy (non-hydrogen) atoms. The van der Waals surface area contributed by atoms with Gasteiger partial charge in [-0.3, -0.25) is 0 Å². The highest BCUT2D eigenvalue weighted by Crippen LogP contribution is 2.26. The Bertz CT molecular complexity index is 352. The minimum Gasteiger partial charge on any atom is -0.327 e. The molecule has 0 aliphatic heterocycles. The molecule has 1 nitrogen and oxygen atoms in total. The average Bonchev–Trinajstić information content (AvgIpc) is 2.18. The molecule has 0 amide bonds. The Kier molecular flexibility index (Phi) is 2.69. The van der Waals surface area contributed by atoms with Crippen LogP contribution in [0, 0.1) is 6.92 Å². The number of nitrogens with two attached hydrogens (primary N) is 1. The summed E-state index contributed by atoms with van der Waals surface area (Å²) in [7, 11) is 0. The third-order valence-corrected chi connectivity index (χ3v) is 2.80. The van der Waals surface area contributed by atoms with Gasteiger partial charge in [-0.15, -0.1) is 0 Å². The number of rotatable bonds is 1. The zero-order valence-electron chi connectivity index (χ0n) is 8.66. The maximum absolute atomic E-state index is 5.96. The molecule has 2 N–H and O–H groups in total. The molecule has 1 heteroatoms. The van der Waals surface area contributed by atoms with Gasteiger partial charge in [0.05, 0.1) is 0 Å². The third kappa shape index (κ3) is 2.05. The Morgan fingerprint density at radius 3 is 2.93 bits per heavy atom. The quantitative estimate of drug-likeness (QED) is 0.718. The van der Waals surface area contributed by atoms with Crippen molar-refractivity contribution in [3.8, 4) is 0 Å². The van der Waals surface area contributed by atoms with Gasteiger partial charge in [0.1, 0.15) is 0 Å². The first kappa shape index (κ1) is 9.47. The molecule has 1 atom stereocenters. The van der Waals surface area contributed by atoms with Crippen molar-refractivity contribution in [2.45, 2.75) is 32.2 Å². The molecule has 0 saturated carbocycles. The van der Waals surface area contributed by atoms with Crippen LogP contribution in [0.1, 0.15) is 30.4 Å². The van der Waals surface area contributed by atoms with E-state index in [1.165, 1.54) is 16.7 Å². The summed E-state index contributed by atoms with van der Waals surface area (Å²) in [6.07, 6.45) is 5.63. The van der Waals surface area contributed by atoms with Gasteiger partial charge in [0.25, 0.3) is 0 Å². The zero-order valence-corrected chi connectivity index (χ0v) is 8.66. The van der Waals surface area contributed by atoms with Crippen molar-refractivity contribution < 1.29 is 0 Å². The second-order valence-corrected chi connectivity index (χ2v) is 4.14. The van der Waals surface area contributed by atoms with E-state index in [-0.39, 0.29) is 0 Å². The topological polar surface area (TPSA) is 26.0 Å². The lowest BCUT2D eigenvalue weighted by atomic mass is 9.90. The van der Waals surface area contributed by atoms with Crippen molar-refractivity contribution in [1.29, 1.82) is 0 Å². The van der Waals surface area contributed by atoms with Crippen LogP contribution < -0.4 is 5.73 Å². The molecule has 0 radical (unpaired) electrons. The summed E-state index contributed by atoms with van der Waals surface area (Å²) in [4.78, 5) is 0. The van der Waals surface area contributed by atoms with Gasteiger partial charge in [-0.25, -0.2) is 0 Å². The van der Waals surface area contributed by atoms with Crippen LogP contribution in [0.3, 0.4) is 0 Å². The Hall–Kier alpha value is -1.08.